The van der Waals surface area contributed by atoms with E-state index >= 15 is 0 Å². The molecular formula is C56H34N2. The van der Waals surface area contributed by atoms with Crippen LogP contribution in [0.25, 0.3) is 87.2 Å². The molecule has 0 unspecified atom stereocenters. The van der Waals surface area contributed by atoms with Gasteiger partial charge in [-0.3, -0.25) is 0 Å². The lowest BCUT2D eigenvalue weighted by molar-refractivity contribution is 1.29. The quantitative estimate of drug-likeness (QED) is 0.167. The van der Waals surface area contributed by atoms with Crippen molar-refractivity contribution in [3.05, 3.63) is 206 Å². The molecule has 0 saturated heterocycles. The Morgan fingerprint density at radius 3 is 1.34 bits per heavy atom. The molecule has 268 valence electrons. The highest BCUT2D eigenvalue weighted by Gasteiger charge is 2.29. The summed E-state index contributed by atoms with van der Waals surface area (Å²) in [4.78, 5) is 4.91. The maximum absolute atomic E-state index is 2.47. The molecule has 0 saturated carbocycles. The van der Waals surface area contributed by atoms with E-state index in [0.29, 0.717) is 0 Å². The largest absolute Gasteiger partial charge is 0.309 e. The zero-order valence-electron chi connectivity index (χ0n) is 31.5. The number of hydrogen-bond acceptors (Lipinski definition) is 2. The Balaban J connectivity index is 0.925. The van der Waals surface area contributed by atoms with Crippen LogP contribution in [-0.4, -0.2) is 0 Å². The van der Waals surface area contributed by atoms with E-state index in [4.69, 9.17) is 0 Å². The van der Waals surface area contributed by atoms with E-state index in [2.05, 4.69) is 216 Å². The van der Waals surface area contributed by atoms with Crippen LogP contribution in [0.1, 0.15) is 0 Å². The molecule has 58 heavy (non-hydrogen) atoms. The number of benzene rings is 11. The average molecular weight is 735 g/mol. The monoisotopic (exact) mass is 734 g/mol. The van der Waals surface area contributed by atoms with Crippen molar-refractivity contribution < 1.29 is 0 Å². The SMILES string of the molecule is c1ccc2cc3c(cc2c1)-c1cccc2cccc(c12)N3c1ccc(-c2ccc(N3c4cc5ccccc5cc4-c4c5ccccc5cc5cccc3c45)cc2)cc1. The van der Waals surface area contributed by atoms with Gasteiger partial charge >= 0.3 is 0 Å². The van der Waals surface area contributed by atoms with Gasteiger partial charge in [0.25, 0.3) is 0 Å². The second-order valence-electron chi connectivity index (χ2n) is 15.7. The van der Waals surface area contributed by atoms with Crippen LogP contribution in [0, 0.1) is 0 Å². The second kappa shape index (κ2) is 11.9. The topological polar surface area (TPSA) is 6.48 Å². The van der Waals surface area contributed by atoms with Crippen molar-refractivity contribution in [3.8, 4) is 33.4 Å². The van der Waals surface area contributed by atoms with E-state index in [0.717, 1.165) is 11.4 Å². The molecule has 2 nitrogen and oxygen atoms in total. The fourth-order valence-electron chi connectivity index (χ4n) is 9.97. The van der Waals surface area contributed by atoms with Crippen LogP contribution in [0.4, 0.5) is 34.1 Å². The lowest BCUT2D eigenvalue weighted by Gasteiger charge is -2.34. The zero-order valence-corrected chi connectivity index (χ0v) is 31.5. The minimum Gasteiger partial charge on any atom is -0.309 e. The van der Waals surface area contributed by atoms with Gasteiger partial charge in [0.2, 0.25) is 0 Å². The van der Waals surface area contributed by atoms with Crippen molar-refractivity contribution in [1.29, 1.82) is 0 Å². The third-order valence-corrected chi connectivity index (χ3v) is 12.6. The normalized spacial score (nSPS) is 12.8. The first-order valence-electron chi connectivity index (χ1n) is 20.1. The van der Waals surface area contributed by atoms with Gasteiger partial charge in [0.05, 0.1) is 22.7 Å². The zero-order chi connectivity index (χ0) is 37.9. The van der Waals surface area contributed by atoms with Gasteiger partial charge in [0.1, 0.15) is 0 Å². The fourth-order valence-corrected chi connectivity index (χ4v) is 9.97. The molecule has 2 aliphatic heterocycles. The van der Waals surface area contributed by atoms with E-state index in [9.17, 15) is 0 Å². The van der Waals surface area contributed by atoms with E-state index in [1.165, 1.54) is 110 Å². The third kappa shape index (κ3) is 4.48. The molecule has 2 heteroatoms. The van der Waals surface area contributed by atoms with Gasteiger partial charge in [-0.1, -0.05) is 140 Å². The summed E-state index contributed by atoms with van der Waals surface area (Å²) in [5, 5.41) is 12.7. The lowest BCUT2D eigenvalue weighted by atomic mass is 9.85. The molecule has 0 aliphatic carbocycles. The number of rotatable bonds is 3. The van der Waals surface area contributed by atoms with Crippen LogP contribution < -0.4 is 9.80 Å². The van der Waals surface area contributed by atoms with Gasteiger partial charge in [0.15, 0.2) is 0 Å². The van der Waals surface area contributed by atoms with Gasteiger partial charge in [-0.2, -0.15) is 0 Å². The molecule has 0 fully saturated rings. The van der Waals surface area contributed by atoms with Crippen LogP contribution >= 0.6 is 0 Å². The van der Waals surface area contributed by atoms with E-state index in [-0.39, 0.29) is 0 Å². The fraction of sp³-hybridized carbons (Fsp3) is 0. The summed E-state index contributed by atoms with van der Waals surface area (Å²) in [6, 6.07) is 76.4. The molecule has 0 spiro atoms. The van der Waals surface area contributed by atoms with Gasteiger partial charge < -0.3 is 9.80 Å². The van der Waals surface area contributed by atoms with Crippen LogP contribution in [0.5, 0.6) is 0 Å². The number of anilines is 6. The van der Waals surface area contributed by atoms with Gasteiger partial charge in [-0.15, -0.1) is 0 Å². The van der Waals surface area contributed by atoms with Crippen molar-refractivity contribution in [2.24, 2.45) is 0 Å². The number of nitrogens with zero attached hydrogens (tertiary/aromatic N) is 2. The van der Waals surface area contributed by atoms with Crippen LogP contribution in [0.3, 0.4) is 0 Å². The molecule has 11 aromatic carbocycles. The molecule has 0 atom stereocenters. The average Bonchev–Trinajstić information content (AvgIpc) is 3.28. The Labute approximate surface area is 336 Å². The van der Waals surface area contributed by atoms with Crippen molar-refractivity contribution in [1.82, 2.24) is 0 Å². The van der Waals surface area contributed by atoms with Crippen LogP contribution in [0.15, 0.2) is 206 Å². The molecule has 0 bridgehead atoms. The summed E-state index contributed by atoms with van der Waals surface area (Å²) in [6.07, 6.45) is 0. The molecule has 0 amide bonds. The van der Waals surface area contributed by atoms with E-state index in [1.807, 2.05) is 0 Å². The summed E-state index contributed by atoms with van der Waals surface area (Å²) < 4.78 is 0. The molecular weight excluding hydrogens is 701 g/mol. The molecule has 11 aromatic rings. The van der Waals surface area contributed by atoms with Crippen molar-refractivity contribution in [2.45, 2.75) is 0 Å². The Kier molecular flexibility index (Phi) is 6.47. The number of hydrogen-bond donors (Lipinski definition) is 0. The predicted molar refractivity (Wildman–Crippen MR) is 247 cm³/mol. The Morgan fingerprint density at radius 2 is 0.724 bits per heavy atom. The van der Waals surface area contributed by atoms with Gasteiger partial charge in [-0.25, -0.2) is 0 Å². The Bertz CT molecular complexity index is 3500. The summed E-state index contributed by atoms with van der Waals surface area (Å²) in [5.41, 5.74) is 14.7. The first-order valence-corrected chi connectivity index (χ1v) is 20.1. The molecule has 0 aromatic heterocycles. The van der Waals surface area contributed by atoms with Gasteiger partial charge in [-0.05, 0) is 127 Å². The molecule has 0 radical (unpaired) electrons. The van der Waals surface area contributed by atoms with Crippen molar-refractivity contribution in [3.63, 3.8) is 0 Å². The van der Waals surface area contributed by atoms with Crippen LogP contribution in [-0.2, 0) is 0 Å². The molecule has 0 N–H and O–H groups in total. The van der Waals surface area contributed by atoms with Crippen molar-refractivity contribution in [2.75, 3.05) is 9.80 Å². The summed E-state index contributed by atoms with van der Waals surface area (Å²) in [6.45, 7) is 0. The maximum Gasteiger partial charge on any atom is 0.0547 e. The summed E-state index contributed by atoms with van der Waals surface area (Å²) >= 11 is 0. The molecule has 2 heterocycles. The maximum atomic E-state index is 2.47. The second-order valence-corrected chi connectivity index (χ2v) is 15.7. The highest BCUT2D eigenvalue weighted by molar-refractivity contribution is 6.23. The highest BCUT2D eigenvalue weighted by Crippen LogP contribution is 2.55. The van der Waals surface area contributed by atoms with E-state index in [1.54, 1.807) is 0 Å². The first kappa shape index (κ1) is 31.5. The first-order chi connectivity index (χ1) is 28.7. The van der Waals surface area contributed by atoms with Gasteiger partial charge in [0, 0.05) is 38.8 Å². The standard InChI is InChI=1S/C56H34N2/c1-3-12-40-33-52-48(31-38(40)10-1)47-19-7-15-37-16-8-20-50(54(37)47)57(52)44-26-22-35(23-27-44)36-24-28-45(29-25-36)58-51-21-9-17-43-30-42-14-5-6-18-46(42)56(55(43)51)49-32-39-11-2-4-13-41(39)34-53(49)58/h1-34H. The Morgan fingerprint density at radius 1 is 0.259 bits per heavy atom. The minimum absolute atomic E-state index is 1.15. The molecule has 13 rings (SSSR count). The number of fused-ring (bicyclic) bond motifs is 8. The highest BCUT2D eigenvalue weighted by atomic mass is 15.2. The third-order valence-electron chi connectivity index (χ3n) is 12.6. The Hall–Kier alpha value is -7.68. The van der Waals surface area contributed by atoms with E-state index < -0.39 is 0 Å². The summed E-state index contributed by atoms with van der Waals surface area (Å²) in [7, 11) is 0. The predicted octanol–water partition coefficient (Wildman–Crippen LogP) is 16.0. The smallest absolute Gasteiger partial charge is 0.0547 e. The van der Waals surface area contributed by atoms with Crippen molar-refractivity contribution >= 4 is 88.0 Å². The molecule has 2 aliphatic rings. The van der Waals surface area contributed by atoms with Crippen LogP contribution in [0.2, 0.25) is 0 Å². The lowest BCUT2D eigenvalue weighted by Crippen LogP contribution is -2.15. The minimum atomic E-state index is 1.15. The summed E-state index contributed by atoms with van der Waals surface area (Å²) in [5.74, 6) is 0.